The summed E-state index contributed by atoms with van der Waals surface area (Å²) in [7, 11) is -3.90. The maximum Gasteiger partial charge on any atom is 0.319 e. The summed E-state index contributed by atoms with van der Waals surface area (Å²) in [6.07, 6.45) is 3.56. The molecule has 0 spiro atoms. The molecule has 0 saturated heterocycles. The van der Waals surface area contributed by atoms with Gasteiger partial charge in [0, 0.05) is 17.7 Å². The highest BCUT2D eigenvalue weighted by atomic mass is 32.2. The third-order valence-electron chi connectivity index (χ3n) is 6.33. The highest BCUT2D eigenvalue weighted by Crippen LogP contribution is 2.45. The number of benzene rings is 1. The van der Waals surface area contributed by atoms with Gasteiger partial charge in [-0.2, -0.15) is 21.8 Å². The summed E-state index contributed by atoms with van der Waals surface area (Å²) in [5, 5.41) is 10.3. The number of methoxy groups -OCH3 is 3. The van der Waals surface area contributed by atoms with E-state index in [-0.39, 0.29) is 24.1 Å². The number of aromatic nitrogens is 2. The van der Waals surface area contributed by atoms with E-state index in [9.17, 15) is 21.9 Å². The van der Waals surface area contributed by atoms with Crippen molar-refractivity contribution in [1.82, 2.24) is 9.97 Å². The van der Waals surface area contributed by atoms with Gasteiger partial charge < -0.3 is 24.1 Å². The zero-order valence-corrected chi connectivity index (χ0v) is 24.1. The smallest absolute Gasteiger partial charge is 0.319 e. The molecule has 4 rings (SSSR count). The maximum atomic E-state index is 10.3. The normalized spacial score (nSPS) is 20.2. The van der Waals surface area contributed by atoms with E-state index in [1.165, 1.54) is 7.11 Å². The molecule has 1 aromatic heterocycles. The third kappa shape index (κ3) is 8.00. The quantitative estimate of drug-likeness (QED) is 0.348. The minimum atomic E-state index is -4.30. The zero-order valence-electron chi connectivity index (χ0n) is 22.5. The lowest BCUT2D eigenvalue weighted by Gasteiger charge is -2.37. The second-order valence-electron chi connectivity index (χ2n) is 8.99. The molecule has 1 aromatic carbocycles. The van der Waals surface area contributed by atoms with Crippen LogP contribution >= 0.6 is 0 Å². The van der Waals surface area contributed by atoms with Crippen LogP contribution in [0.3, 0.4) is 0 Å². The van der Waals surface area contributed by atoms with Crippen molar-refractivity contribution in [2.24, 2.45) is 4.99 Å². The van der Waals surface area contributed by atoms with E-state index in [2.05, 4.69) is 9.97 Å². The van der Waals surface area contributed by atoms with Gasteiger partial charge in [-0.05, 0) is 43.9 Å². The van der Waals surface area contributed by atoms with E-state index in [4.69, 9.17) is 33.0 Å². The number of ether oxygens (including phenoxy) is 4. The van der Waals surface area contributed by atoms with Gasteiger partial charge in [-0.15, -0.1) is 0 Å². The van der Waals surface area contributed by atoms with Gasteiger partial charge in [0.25, 0.3) is 20.2 Å². The molecule has 0 unspecified atom stereocenters. The molecule has 2 aromatic rings. The second-order valence-corrected chi connectivity index (χ2v) is 12.1. The van der Waals surface area contributed by atoms with Gasteiger partial charge in [0.05, 0.1) is 62.9 Å². The Morgan fingerprint density at radius 3 is 2.15 bits per heavy atom. The largest absolute Gasteiger partial charge is 0.493 e. The van der Waals surface area contributed by atoms with E-state index >= 15 is 0 Å². The molecule has 222 valence electrons. The molecule has 2 aliphatic rings. The fraction of sp³-hybridized carbons (Fsp3) is 0.542. The summed E-state index contributed by atoms with van der Waals surface area (Å²) < 4.78 is 77.5. The minimum absolute atomic E-state index is 0.0607. The number of hydrogen-bond acceptors (Lipinski definition) is 12. The standard InChI is InChI=1S/C22H27N3O5.C2H6O6S2/c1-5-30-19-9-13-14-8-12(26)6-7-17(14)24-20(15(13)10-18(19)27-2)16-11-23-22(29-4)25-21(16)28-3;3-9(4,5)1-2-10(6,7)8/h9-12,14,17,26H,5-8H2,1-4H3;1-2H2,(H,3,4,5)(H,6,7,8)/t12-,14-,17-;/m1./s1. The molecule has 14 nitrogen and oxygen atoms in total. The van der Waals surface area contributed by atoms with Crippen molar-refractivity contribution in [1.29, 1.82) is 0 Å². The topological polar surface area (TPSA) is 204 Å². The van der Waals surface area contributed by atoms with Gasteiger partial charge in [-0.25, -0.2) is 4.98 Å². The van der Waals surface area contributed by atoms with Crippen LogP contribution in [0.25, 0.3) is 0 Å². The van der Waals surface area contributed by atoms with Crippen LogP contribution in [0.1, 0.15) is 48.8 Å². The monoisotopic (exact) mass is 603 g/mol. The number of nitrogens with zero attached hydrogens (tertiary/aromatic N) is 3. The van der Waals surface area contributed by atoms with Crippen molar-refractivity contribution in [3.05, 3.63) is 35.0 Å². The molecule has 0 amide bonds. The Balaban J connectivity index is 0.000000378. The summed E-state index contributed by atoms with van der Waals surface area (Å²) in [5.41, 5.74) is 3.45. The Kier molecular flexibility index (Phi) is 10.3. The van der Waals surface area contributed by atoms with Crippen molar-refractivity contribution in [3.8, 4) is 23.4 Å². The van der Waals surface area contributed by atoms with Gasteiger partial charge in [0.2, 0.25) is 5.88 Å². The predicted octanol–water partition coefficient (Wildman–Crippen LogP) is 1.51. The highest BCUT2D eigenvalue weighted by molar-refractivity contribution is 7.89. The third-order valence-corrected chi connectivity index (χ3v) is 8.03. The van der Waals surface area contributed by atoms with Crippen LogP contribution < -0.4 is 18.9 Å². The molecule has 40 heavy (non-hydrogen) atoms. The molecular weight excluding hydrogens is 570 g/mol. The van der Waals surface area contributed by atoms with E-state index in [0.29, 0.717) is 36.0 Å². The first-order valence-corrected chi connectivity index (χ1v) is 15.5. The van der Waals surface area contributed by atoms with Crippen LogP contribution in [0.2, 0.25) is 0 Å². The number of rotatable bonds is 9. The lowest BCUT2D eigenvalue weighted by molar-refractivity contribution is 0.111. The molecule has 1 aliphatic carbocycles. The van der Waals surface area contributed by atoms with Gasteiger partial charge in [-0.1, -0.05) is 0 Å². The van der Waals surface area contributed by atoms with Gasteiger partial charge >= 0.3 is 6.01 Å². The Labute approximate surface area is 232 Å². The van der Waals surface area contributed by atoms with Gasteiger partial charge in [-0.3, -0.25) is 14.1 Å². The highest BCUT2D eigenvalue weighted by Gasteiger charge is 2.38. The summed E-state index contributed by atoms with van der Waals surface area (Å²) in [5.74, 6) is -0.128. The molecule has 3 N–H and O–H groups in total. The SMILES string of the molecule is CCOc1cc2c(cc1OC)C(c1cnc(OC)nc1OC)=N[C@@H]1CC[C@@H](O)C[C@H]21.O=S(=O)(O)CCS(=O)(=O)O. The van der Waals surface area contributed by atoms with Crippen LogP contribution in [0.4, 0.5) is 0 Å². The fourth-order valence-electron chi connectivity index (χ4n) is 4.56. The Hall–Kier alpha value is -3.05. The van der Waals surface area contributed by atoms with E-state index < -0.39 is 31.7 Å². The molecule has 1 saturated carbocycles. The Bertz CT molecular complexity index is 1410. The minimum Gasteiger partial charge on any atom is -0.493 e. The van der Waals surface area contributed by atoms with E-state index in [1.807, 2.05) is 19.1 Å². The maximum absolute atomic E-state index is 10.3. The number of aliphatic hydroxyl groups excluding tert-OH is 1. The molecule has 0 radical (unpaired) electrons. The number of fused-ring (bicyclic) bond motifs is 3. The van der Waals surface area contributed by atoms with Crippen molar-refractivity contribution < 1.29 is 50.0 Å². The lowest BCUT2D eigenvalue weighted by Crippen LogP contribution is -2.34. The first kappa shape index (κ1) is 31.5. The van der Waals surface area contributed by atoms with Crippen LogP contribution in [0.15, 0.2) is 23.3 Å². The fourth-order valence-corrected chi connectivity index (χ4v) is 6.25. The first-order chi connectivity index (χ1) is 18.8. The molecule has 16 heteroatoms. The van der Waals surface area contributed by atoms with E-state index in [0.717, 1.165) is 29.7 Å². The van der Waals surface area contributed by atoms with Crippen molar-refractivity contribution >= 4 is 25.9 Å². The number of hydrogen-bond donors (Lipinski definition) is 3. The average molecular weight is 604 g/mol. The zero-order chi connectivity index (χ0) is 29.7. The average Bonchev–Trinajstić information content (AvgIpc) is 2.90. The van der Waals surface area contributed by atoms with Crippen LogP contribution in [-0.2, 0) is 20.2 Å². The van der Waals surface area contributed by atoms with Gasteiger partial charge in [0.15, 0.2) is 11.5 Å². The Morgan fingerprint density at radius 2 is 1.60 bits per heavy atom. The van der Waals surface area contributed by atoms with Crippen LogP contribution in [0, 0.1) is 0 Å². The van der Waals surface area contributed by atoms with Crippen molar-refractivity contribution in [2.75, 3.05) is 39.4 Å². The molecule has 1 aliphatic heterocycles. The summed E-state index contributed by atoms with van der Waals surface area (Å²) >= 11 is 0. The molecule has 2 heterocycles. The molecular formula is C24H33N3O11S2. The summed E-state index contributed by atoms with van der Waals surface area (Å²) in [6.45, 7) is 2.48. The van der Waals surface area contributed by atoms with E-state index in [1.54, 1.807) is 20.4 Å². The lowest BCUT2D eigenvalue weighted by atomic mass is 9.74. The number of aliphatic hydroxyl groups is 1. The summed E-state index contributed by atoms with van der Waals surface area (Å²) in [4.78, 5) is 13.7. The predicted molar refractivity (Wildman–Crippen MR) is 144 cm³/mol. The molecule has 0 bridgehead atoms. The molecule has 3 atom stereocenters. The number of aliphatic imine (C=N–C) groups is 1. The van der Waals surface area contributed by atoms with Crippen molar-refractivity contribution in [3.63, 3.8) is 0 Å². The molecule has 1 fully saturated rings. The van der Waals surface area contributed by atoms with Crippen LogP contribution in [0.5, 0.6) is 23.4 Å². The summed E-state index contributed by atoms with van der Waals surface area (Å²) in [6, 6.07) is 4.26. The van der Waals surface area contributed by atoms with Crippen LogP contribution in [-0.4, -0.2) is 98.3 Å². The second kappa shape index (κ2) is 13.1. The van der Waals surface area contributed by atoms with Gasteiger partial charge in [0.1, 0.15) is 0 Å². The first-order valence-electron chi connectivity index (χ1n) is 12.3. The Morgan fingerprint density at radius 1 is 0.925 bits per heavy atom. The van der Waals surface area contributed by atoms with Crippen molar-refractivity contribution in [2.45, 2.75) is 44.2 Å².